The van der Waals surface area contributed by atoms with Gasteiger partial charge in [0.15, 0.2) is 0 Å². The number of nitro benzene ring substituents is 1. The van der Waals surface area contributed by atoms with Gasteiger partial charge < -0.3 is 19.9 Å². The number of carbonyl (C=O) groups is 1. The lowest BCUT2D eigenvalue weighted by Gasteiger charge is -2.37. The van der Waals surface area contributed by atoms with Crippen molar-refractivity contribution < 1.29 is 24.3 Å². The van der Waals surface area contributed by atoms with E-state index in [9.17, 15) is 20.0 Å². The van der Waals surface area contributed by atoms with Crippen LogP contribution in [0.1, 0.15) is 16.8 Å². The predicted octanol–water partition coefficient (Wildman–Crippen LogP) is 1.44. The molecule has 0 spiro atoms. The fourth-order valence-electron chi connectivity index (χ4n) is 3.55. The Morgan fingerprint density at radius 1 is 1.35 bits per heavy atom. The summed E-state index contributed by atoms with van der Waals surface area (Å²) < 4.78 is 11.0. The van der Waals surface area contributed by atoms with Crippen LogP contribution in [0.2, 0.25) is 0 Å². The molecule has 2 atom stereocenters. The number of carboxylic acid groups (broad SMARTS) is 1. The smallest absolute Gasteiger partial charge is 0.338 e. The molecule has 0 saturated carbocycles. The van der Waals surface area contributed by atoms with Gasteiger partial charge in [0, 0.05) is 56.0 Å². The molecule has 9 nitrogen and oxygen atoms in total. The third-order valence-corrected chi connectivity index (χ3v) is 4.97. The van der Waals surface area contributed by atoms with E-state index in [1.807, 2.05) is 0 Å². The van der Waals surface area contributed by atoms with Crippen molar-refractivity contribution in [2.45, 2.75) is 12.5 Å². The number of benzene rings is 1. The number of nitro groups is 1. The number of aromatic carboxylic acids is 1. The van der Waals surface area contributed by atoms with Gasteiger partial charge in [-0.1, -0.05) is 0 Å². The van der Waals surface area contributed by atoms with Crippen molar-refractivity contribution in [3.05, 3.63) is 33.9 Å². The zero-order chi connectivity index (χ0) is 18.5. The van der Waals surface area contributed by atoms with E-state index < -0.39 is 10.9 Å². The van der Waals surface area contributed by atoms with Crippen molar-refractivity contribution in [1.29, 1.82) is 0 Å². The quantitative estimate of drug-likeness (QED) is 0.551. The fraction of sp³-hybridized carbons (Fsp3) is 0.588. The summed E-state index contributed by atoms with van der Waals surface area (Å²) in [5.74, 6) is -0.824. The van der Waals surface area contributed by atoms with Crippen LogP contribution in [0.5, 0.6) is 0 Å². The second-order valence-corrected chi connectivity index (χ2v) is 6.51. The molecular formula is C17H23N3O6. The number of rotatable bonds is 7. The molecule has 0 unspecified atom stereocenters. The first-order chi connectivity index (χ1) is 12.6. The minimum Gasteiger partial charge on any atom is -0.478 e. The Labute approximate surface area is 151 Å². The highest BCUT2D eigenvalue weighted by Crippen LogP contribution is 2.25. The Morgan fingerprint density at radius 2 is 2.12 bits per heavy atom. The van der Waals surface area contributed by atoms with Gasteiger partial charge in [0.25, 0.3) is 5.69 Å². The van der Waals surface area contributed by atoms with Crippen molar-refractivity contribution >= 4 is 17.3 Å². The van der Waals surface area contributed by atoms with E-state index in [4.69, 9.17) is 9.47 Å². The van der Waals surface area contributed by atoms with Gasteiger partial charge in [0.2, 0.25) is 0 Å². The molecule has 2 heterocycles. The summed E-state index contributed by atoms with van der Waals surface area (Å²) in [5, 5.41) is 23.5. The molecule has 0 aliphatic carbocycles. The minimum absolute atomic E-state index is 0.0948. The molecule has 0 amide bonds. The second kappa shape index (κ2) is 8.43. The lowest BCUT2D eigenvalue weighted by molar-refractivity contribution is -0.384. The van der Waals surface area contributed by atoms with Gasteiger partial charge in [-0.2, -0.15) is 0 Å². The number of ether oxygens (including phenoxy) is 2. The van der Waals surface area contributed by atoms with Gasteiger partial charge in [-0.25, -0.2) is 4.79 Å². The highest BCUT2D eigenvalue weighted by molar-refractivity contribution is 5.95. The Bertz CT molecular complexity index is 656. The maximum atomic E-state index is 11.5. The van der Waals surface area contributed by atoms with Crippen LogP contribution >= 0.6 is 0 Å². The van der Waals surface area contributed by atoms with E-state index in [0.29, 0.717) is 38.0 Å². The molecule has 9 heteroatoms. The number of morpholine rings is 1. The third kappa shape index (κ3) is 4.29. The molecule has 3 rings (SSSR count). The molecular weight excluding hydrogens is 342 g/mol. The van der Waals surface area contributed by atoms with Crippen molar-refractivity contribution in [3.63, 3.8) is 0 Å². The number of hydrogen-bond acceptors (Lipinski definition) is 7. The van der Waals surface area contributed by atoms with Crippen molar-refractivity contribution in [2.24, 2.45) is 5.92 Å². The van der Waals surface area contributed by atoms with Gasteiger partial charge in [-0.3, -0.25) is 15.0 Å². The number of non-ortho nitro benzene ring substituents is 1. The highest BCUT2D eigenvalue weighted by atomic mass is 16.6. The molecule has 0 aromatic heterocycles. The average Bonchev–Trinajstić information content (AvgIpc) is 3.17. The normalized spacial score (nSPS) is 22.1. The van der Waals surface area contributed by atoms with Crippen LogP contribution in [0.3, 0.4) is 0 Å². The van der Waals surface area contributed by atoms with Gasteiger partial charge in [-0.05, 0) is 12.5 Å². The van der Waals surface area contributed by atoms with Gasteiger partial charge in [0.1, 0.15) is 0 Å². The summed E-state index contributed by atoms with van der Waals surface area (Å²) in [5.41, 5.74) is 0.0600. The van der Waals surface area contributed by atoms with E-state index in [-0.39, 0.29) is 17.3 Å². The molecule has 26 heavy (non-hydrogen) atoms. The first kappa shape index (κ1) is 18.6. The summed E-state index contributed by atoms with van der Waals surface area (Å²) in [6.07, 6.45) is 0.968. The van der Waals surface area contributed by atoms with E-state index >= 15 is 0 Å². The first-order valence-corrected chi connectivity index (χ1v) is 8.71. The van der Waals surface area contributed by atoms with Gasteiger partial charge >= 0.3 is 5.97 Å². The summed E-state index contributed by atoms with van der Waals surface area (Å²) >= 11 is 0. The van der Waals surface area contributed by atoms with Crippen molar-refractivity contribution in [2.75, 3.05) is 51.4 Å². The fourth-order valence-corrected chi connectivity index (χ4v) is 3.55. The van der Waals surface area contributed by atoms with E-state index in [1.54, 1.807) is 0 Å². The van der Waals surface area contributed by atoms with Gasteiger partial charge in [-0.15, -0.1) is 0 Å². The molecule has 2 N–H and O–H groups in total. The Kier molecular flexibility index (Phi) is 6.02. The topological polar surface area (TPSA) is 114 Å². The highest BCUT2D eigenvalue weighted by Gasteiger charge is 2.31. The molecule has 2 fully saturated rings. The second-order valence-electron chi connectivity index (χ2n) is 6.51. The average molecular weight is 365 g/mol. The van der Waals surface area contributed by atoms with Crippen molar-refractivity contribution in [1.82, 2.24) is 4.90 Å². The summed E-state index contributed by atoms with van der Waals surface area (Å²) in [7, 11) is 0. The molecule has 2 aliphatic heterocycles. The standard InChI is InChI=1S/C17H23N3O6/c21-17(22)14-9-13(20(23)24)1-2-15(14)18-10-16(12-3-6-26-11-12)19-4-7-25-8-5-19/h1-2,9,12,16,18H,3-8,10-11H2,(H,21,22)/t12-,16+/m0/s1. The molecule has 0 bridgehead atoms. The van der Waals surface area contributed by atoms with E-state index in [0.717, 1.165) is 32.2 Å². The van der Waals surface area contributed by atoms with Crippen LogP contribution in [0.15, 0.2) is 18.2 Å². The number of nitrogens with one attached hydrogen (secondary N) is 1. The lowest BCUT2D eigenvalue weighted by atomic mass is 9.96. The van der Waals surface area contributed by atoms with Crippen LogP contribution in [0.25, 0.3) is 0 Å². The maximum Gasteiger partial charge on any atom is 0.338 e. The number of hydrogen-bond donors (Lipinski definition) is 2. The van der Waals surface area contributed by atoms with Crippen LogP contribution < -0.4 is 5.32 Å². The van der Waals surface area contributed by atoms with Gasteiger partial charge in [0.05, 0.1) is 30.3 Å². The first-order valence-electron chi connectivity index (χ1n) is 8.71. The maximum absolute atomic E-state index is 11.5. The number of anilines is 1. The third-order valence-electron chi connectivity index (χ3n) is 4.97. The molecule has 142 valence electrons. The van der Waals surface area contributed by atoms with E-state index in [2.05, 4.69) is 10.2 Å². The van der Waals surface area contributed by atoms with Crippen molar-refractivity contribution in [3.8, 4) is 0 Å². The summed E-state index contributed by atoms with van der Waals surface area (Å²) in [4.78, 5) is 24.1. The SMILES string of the molecule is O=C(O)c1cc([N+](=O)[O-])ccc1NC[C@H]([C@H]1CCOC1)N1CCOCC1. The summed E-state index contributed by atoms with van der Waals surface area (Å²) in [6.45, 7) is 5.00. The van der Waals surface area contributed by atoms with Crippen LogP contribution in [-0.2, 0) is 9.47 Å². The Hall–Kier alpha value is -2.23. The molecule has 0 radical (unpaired) electrons. The number of nitrogens with zero attached hydrogens (tertiary/aromatic N) is 2. The molecule has 1 aromatic rings. The molecule has 2 saturated heterocycles. The number of carboxylic acids is 1. The predicted molar refractivity (Wildman–Crippen MR) is 93.7 cm³/mol. The monoisotopic (exact) mass is 365 g/mol. The minimum atomic E-state index is -1.19. The van der Waals surface area contributed by atoms with E-state index in [1.165, 1.54) is 12.1 Å². The zero-order valence-electron chi connectivity index (χ0n) is 14.4. The zero-order valence-corrected chi connectivity index (χ0v) is 14.4. The largest absolute Gasteiger partial charge is 0.478 e. The molecule has 1 aromatic carbocycles. The Balaban J connectivity index is 1.75. The lowest BCUT2D eigenvalue weighted by Crippen LogP contribution is -2.50. The molecule has 2 aliphatic rings. The van der Waals surface area contributed by atoms with Crippen LogP contribution in [-0.4, -0.2) is 73.0 Å². The summed E-state index contributed by atoms with van der Waals surface area (Å²) in [6, 6.07) is 4.06. The van der Waals surface area contributed by atoms with Crippen LogP contribution in [0, 0.1) is 16.0 Å². The Morgan fingerprint density at radius 3 is 2.73 bits per heavy atom. The van der Waals surface area contributed by atoms with Crippen LogP contribution in [0.4, 0.5) is 11.4 Å².